The van der Waals surface area contributed by atoms with E-state index in [0.717, 1.165) is 17.0 Å². The molecule has 0 spiro atoms. The number of aliphatic carboxylic acids is 1. The third kappa shape index (κ3) is 1.88. The van der Waals surface area contributed by atoms with Crippen LogP contribution in [0.25, 0.3) is 11.4 Å². The van der Waals surface area contributed by atoms with Gasteiger partial charge in [-0.1, -0.05) is 0 Å². The number of aromatic nitrogens is 6. The second-order valence-electron chi connectivity index (χ2n) is 4.95. The van der Waals surface area contributed by atoms with Gasteiger partial charge in [0.2, 0.25) is 0 Å². The van der Waals surface area contributed by atoms with E-state index in [0.29, 0.717) is 5.82 Å². The molecule has 0 amide bonds. The SMILES string of the molecule is Cc1nn(C)c(C)c1-c1nnnn1C(C)(C)C(=O)O. The van der Waals surface area contributed by atoms with Crippen LogP contribution >= 0.6 is 0 Å². The fourth-order valence-electron chi connectivity index (χ4n) is 1.91. The number of hydrogen-bond donors (Lipinski definition) is 1. The molecule has 2 aromatic rings. The number of carbonyl (C=O) groups is 1. The van der Waals surface area contributed by atoms with Crippen molar-refractivity contribution in [1.29, 1.82) is 0 Å². The van der Waals surface area contributed by atoms with Crippen LogP contribution in [0.1, 0.15) is 25.2 Å². The van der Waals surface area contributed by atoms with E-state index in [1.165, 1.54) is 4.68 Å². The first-order valence-electron chi connectivity index (χ1n) is 5.79. The normalized spacial score (nSPS) is 11.8. The molecule has 0 aliphatic rings. The molecule has 0 aliphatic heterocycles. The Morgan fingerprint density at radius 2 is 1.95 bits per heavy atom. The van der Waals surface area contributed by atoms with Crippen molar-refractivity contribution in [3.05, 3.63) is 11.4 Å². The first-order valence-corrected chi connectivity index (χ1v) is 5.79. The molecular weight excluding hydrogens is 248 g/mol. The molecular formula is C11H16N6O2. The molecule has 0 unspecified atom stereocenters. The minimum absolute atomic E-state index is 0.413. The second kappa shape index (κ2) is 4.15. The first kappa shape index (κ1) is 13.2. The number of aryl methyl sites for hydroxylation is 2. The van der Waals surface area contributed by atoms with E-state index >= 15 is 0 Å². The van der Waals surface area contributed by atoms with Crippen LogP contribution in [0.4, 0.5) is 0 Å². The summed E-state index contributed by atoms with van der Waals surface area (Å²) in [4.78, 5) is 11.3. The van der Waals surface area contributed by atoms with Gasteiger partial charge in [0.1, 0.15) is 0 Å². The maximum Gasteiger partial charge on any atom is 0.331 e. The molecule has 2 aromatic heterocycles. The highest BCUT2D eigenvalue weighted by atomic mass is 16.4. The van der Waals surface area contributed by atoms with Gasteiger partial charge in [-0.3, -0.25) is 4.68 Å². The Bertz CT molecular complexity index is 640. The predicted octanol–water partition coefficient (Wildman–Crippen LogP) is 0.510. The average Bonchev–Trinajstić information content (AvgIpc) is 2.85. The molecule has 2 rings (SSSR count). The molecule has 0 bridgehead atoms. The standard InChI is InChI=1S/C11H16N6O2/c1-6-8(7(2)16(5)13-6)9-12-14-15-17(9)11(3,4)10(18)19/h1-5H3,(H,18,19). The lowest BCUT2D eigenvalue weighted by molar-refractivity contribution is -0.146. The predicted molar refractivity (Wildman–Crippen MR) is 66.5 cm³/mol. The van der Waals surface area contributed by atoms with Gasteiger partial charge >= 0.3 is 5.97 Å². The minimum Gasteiger partial charge on any atom is -0.479 e. The molecule has 0 saturated heterocycles. The van der Waals surface area contributed by atoms with Gasteiger partial charge in [0, 0.05) is 12.7 Å². The number of carboxylic acid groups (broad SMARTS) is 1. The summed E-state index contributed by atoms with van der Waals surface area (Å²) in [5.74, 6) is -0.587. The van der Waals surface area contributed by atoms with E-state index in [1.807, 2.05) is 20.9 Å². The highest BCUT2D eigenvalue weighted by Gasteiger charge is 2.35. The van der Waals surface area contributed by atoms with Gasteiger partial charge < -0.3 is 5.11 Å². The van der Waals surface area contributed by atoms with Gasteiger partial charge in [-0.05, 0) is 38.1 Å². The largest absolute Gasteiger partial charge is 0.479 e. The van der Waals surface area contributed by atoms with Crippen molar-refractivity contribution in [2.75, 3.05) is 0 Å². The summed E-state index contributed by atoms with van der Waals surface area (Å²) in [6.45, 7) is 6.84. The molecule has 8 nitrogen and oxygen atoms in total. The fourth-order valence-corrected chi connectivity index (χ4v) is 1.91. The molecule has 0 fully saturated rings. The Labute approximate surface area is 110 Å². The lowest BCUT2D eigenvalue weighted by Crippen LogP contribution is -2.37. The summed E-state index contributed by atoms with van der Waals surface area (Å²) >= 11 is 0. The van der Waals surface area contributed by atoms with E-state index in [2.05, 4.69) is 20.6 Å². The summed E-state index contributed by atoms with van der Waals surface area (Å²) in [7, 11) is 1.82. The number of hydrogen-bond acceptors (Lipinski definition) is 5. The number of rotatable bonds is 3. The quantitative estimate of drug-likeness (QED) is 0.867. The molecule has 0 radical (unpaired) electrons. The van der Waals surface area contributed by atoms with Gasteiger partial charge in [-0.15, -0.1) is 5.10 Å². The summed E-state index contributed by atoms with van der Waals surface area (Å²) in [6.07, 6.45) is 0. The molecule has 0 atom stereocenters. The molecule has 0 saturated carbocycles. The van der Waals surface area contributed by atoms with Gasteiger partial charge in [0.15, 0.2) is 11.4 Å². The maximum absolute atomic E-state index is 11.3. The summed E-state index contributed by atoms with van der Waals surface area (Å²) in [5, 5.41) is 25.0. The summed E-state index contributed by atoms with van der Waals surface area (Å²) in [5.41, 5.74) is 1.18. The van der Waals surface area contributed by atoms with E-state index in [-0.39, 0.29) is 0 Å². The van der Waals surface area contributed by atoms with Crippen molar-refractivity contribution in [1.82, 2.24) is 30.0 Å². The monoisotopic (exact) mass is 264 g/mol. The van der Waals surface area contributed by atoms with E-state index in [1.54, 1.807) is 18.5 Å². The summed E-state index contributed by atoms with van der Waals surface area (Å²) in [6, 6.07) is 0. The average molecular weight is 264 g/mol. The van der Waals surface area contributed by atoms with Crippen LogP contribution in [0.3, 0.4) is 0 Å². The highest BCUT2D eigenvalue weighted by molar-refractivity contribution is 5.76. The highest BCUT2D eigenvalue weighted by Crippen LogP contribution is 2.27. The van der Waals surface area contributed by atoms with Crippen LogP contribution in [-0.2, 0) is 17.4 Å². The van der Waals surface area contributed by atoms with E-state index < -0.39 is 11.5 Å². The lowest BCUT2D eigenvalue weighted by atomic mass is 10.1. The van der Waals surface area contributed by atoms with Gasteiger partial charge in [0.05, 0.1) is 11.3 Å². The van der Waals surface area contributed by atoms with Crippen molar-refractivity contribution < 1.29 is 9.90 Å². The lowest BCUT2D eigenvalue weighted by Gasteiger charge is -2.20. The van der Waals surface area contributed by atoms with Crippen LogP contribution in [0, 0.1) is 13.8 Å². The number of carboxylic acids is 1. The molecule has 102 valence electrons. The summed E-state index contributed by atoms with van der Waals surface area (Å²) < 4.78 is 3.03. The van der Waals surface area contributed by atoms with E-state index in [4.69, 9.17) is 0 Å². The van der Waals surface area contributed by atoms with Crippen LogP contribution in [0.2, 0.25) is 0 Å². The van der Waals surface area contributed by atoms with Crippen LogP contribution in [-0.4, -0.2) is 41.1 Å². The van der Waals surface area contributed by atoms with Crippen molar-refractivity contribution in [2.45, 2.75) is 33.2 Å². The Hall–Kier alpha value is -2.25. The third-order valence-electron chi connectivity index (χ3n) is 3.26. The third-order valence-corrected chi connectivity index (χ3v) is 3.26. The van der Waals surface area contributed by atoms with Crippen LogP contribution in [0.5, 0.6) is 0 Å². The molecule has 19 heavy (non-hydrogen) atoms. The molecule has 2 heterocycles. The fraction of sp³-hybridized carbons (Fsp3) is 0.545. The first-order chi connectivity index (χ1) is 8.76. The molecule has 0 aliphatic carbocycles. The molecule has 8 heteroatoms. The second-order valence-corrected chi connectivity index (χ2v) is 4.95. The Balaban J connectivity index is 2.66. The topological polar surface area (TPSA) is 98.7 Å². The van der Waals surface area contributed by atoms with E-state index in [9.17, 15) is 9.90 Å². The zero-order valence-electron chi connectivity index (χ0n) is 11.5. The maximum atomic E-state index is 11.3. The number of nitrogens with zero attached hydrogens (tertiary/aromatic N) is 6. The zero-order valence-corrected chi connectivity index (χ0v) is 11.5. The Kier molecular flexibility index (Phi) is 2.88. The Morgan fingerprint density at radius 1 is 1.32 bits per heavy atom. The van der Waals surface area contributed by atoms with Crippen molar-refractivity contribution in [3.63, 3.8) is 0 Å². The van der Waals surface area contributed by atoms with Gasteiger partial charge in [0.25, 0.3) is 0 Å². The molecule has 1 N–H and O–H groups in total. The number of tetrazole rings is 1. The van der Waals surface area contributed by atoms with Gasteiger partial charge in [-0.2, -0.15) is 5.10 Å². The van der Waals surface area contributed by atoms with Crippen molar-refractivity contribution >= 4 is 5.97 Å². The van der Waals surface area contributed by atoms with Crippen molar-refractivity contribution in [3.8, 4) is 11.4 Å². The van der Waals surface area contributed by atoms with Crippen LogP contribution < -0.4 is 0 Å². The minimum atomic E-state index is -1.23. The van der Waals surface area contributed by atoms with Crippen molar-refractivity contribution in [2.24, 2.45) is 7.05 Å². The Morgan fingerprint density at radius 3 is 2.42 bits per heavy atom. The molecule has 0 aromatic carbocycles. The smallest absolute Gasteiger partial charge is 0.331 e. The zero-order chi connectivity index (χ0) is 14.4. The van der Waals surface area contributed by atoms with Gasteiger partial charge in [-0.25, -0.2) is 9.48 Å². The van der Waals surface area contributed by atoms with Crippen LogP contribution in [0.15, 0.2) is 0 Å².